The van der Waals surface area contributed by atoms with Gasteiger partial charge >= 0.3 is 0 Å². The largest absolute Gasteiger partial charge is 0.356 e. The predicted molar refractivity (Wildman–Crippen MR) is 64.4 cm³/mol. The third-order valence-corrected chi connectivity index (χ3v) is 2.62. The van der Waals surface area contributed by atoms with Crippen LogP contribution < -0.4 is 5.32 Å². The second-order valence-electron chi connectivity index (χ2n) is 4.06. The normalized spacial score (nSPS) is 11.8. The van der Waals surface area contributed by atoms with Crippen molar-refractivity contribution in [1.82, 2.24) is 5.32 Å². The highest BCUT2D eigenvalue weighted by Gasteiger charge is 2.02. The molecule has 0 radical (unpaired) electrons. The fourth-order valence-electron chi connectivity index (χ4n) is 1.32. The molecule has 0 unspecified atom stereocenters. The van der Waals surface area contributed by atoms with Crippen molar-refractivity contribution in [2.45, 2.75) is 52.4 Å². The minimum Gasteiger partial charge on any atom is -0.356 e. The van der Waals surface area contributed by atoms with Gasteiger partial charge in [0.1, 0.15) is 0 Å². The van der Waals surface area contributed by atoms with Crippen LogP contribution >= 0.6 is 0 Å². The van der Waals surface area contributed by atoms with Gasteiger partial charge in [-0.1, -0.05) is 26.7 Å². The van der Waals surface area contributed by atoms with Gasteiger partial charge in [-0.15, -0.1) is 12.3 Å². The number of hydrogen-bond acceptors (Lipinski definition) is 1. The fourth-order valence-corrected chi connectivity index (χ4v) is 1.32. The molecule has 0 rings (SSSR count). The van der Waals surface area contributed by atoms with Crippen molar-refractivity contribution in [3.8, 4) is 12.3 Å². The van der Waals surface area contributed by atoms with Crippen molar-refractivity contribution in [3.63, 3.8) is 0 Å². The summed E-state index contributed by atoms with van der Waals surface area (Å²) in [4.78, 5) is 11.3. The maximum absolute atomic E-state index is 11.3. The Kier molecular flexibility index (Phi) is 8.96. The van der Waals surface area contributed by atoms with Gasteiger partial charge in [0.25, 0.3) is 0 Å². The molecule has 0 aromatic carbocycles. The smallest absolute Gasteiger partial charge is 0.219 e. The van der Waals surface area contributed by atoms with Gasteiger partial charge in [0.15, 0.2) is 0 Å². The minimum absolute atomic E-state index is 0.162. The van der Waals surface area contributed by atoms with Crippen LogP contribution in [0.5, 0.6) is 0 Å². The number of hydrogen-bond donors (Lipinski definition) is 1. The first-order chi connectivity index (χ1) is 7.20. The molecule has 0 aromatic heterocycles. The first-order valence-corrected chi connectivity index (χ1v) is 5.90. The number of amides is 1. The molecule has 86 valence electrons. The molecule has 1 amide bonds. The van der Waals surface area contributed by atoms with E-state index in [0.717, 1.165) is 31.6 Å². The number of terminal acetylenes is 1. The van der Waals surface area contributed by atoms with Gasteiger partial charge in [-0.25, -0.2) is 0 Å². The molecule has 0 aromatic rings. The summed E-state index contributed by atoms with van der Waals surface area (Å²) in [6, 6.07) is 0. The number of carbonyl (C=O) groups excluding carboxylic acids is 1. The van der Waals surface area contributed by atoms with Crippen LogP contribution in [0.2, 0.25) is 0 Å². The molecule has 2 nitrogen and oxygen atoms in total. The van der Waals surface area contributed by atoms with E-state index in [0.29, 0.717) is 13.0 Å². The number of nitrogens with one attached hydrogen (secondary N) is 1. The van der Waals surface area contributed by atoms with Gasteiger partial charge in [0.2, 0.25) is 5.91 Å². The van der Waals surface area contributed by atoms with Crippen molar-refractivity contribution >= 4 is 5.91 Å². The van der Waals surface area contributed by atoms with E-state index in [1.54, 1.807) is 0 Å². The lowest BCUT2D eigenvalue weighted by molar-refractivity contribution is -0.121. The maximum atomic E-state index is 11.3. The molecule has 0 heterocycles. The first-order valence-electron chi connectivity index (χ1n) is 5.90. The summed E-state index contributed by atoms with van der Waals surface area (Å²) in [6.07, 6.45) is 10.7. The van der Waals surface area contributed by atoms with E-state index in [1.165, 1.54) is 6.42 Å². The van der Waals surface area contributed by atoms with Gasteiger partial charge in [-0.05, 0) is 18.8 Å². The summed E-state index contributed by atoms with van der Waals surface area (Å²) >= 11 is 0. The molecule has 1 atom stereocenters. The van der Waals surface area contributed by atoms with E-state index in [2.05, 4.69) is 25.1 Å². The predicted octanol–water partition coefficient (Wildman–Crippen LogP) is 2.73. The van der Waals surface area contributed by atoms with E-state index < -0.39 is 0 Å². The summed E-state index contributed by atoms with van der Waals surface area (Å²) in [7, 11) is 0. The Morgan fingerprint density at radius 3 is 2.80 bits per heavy atom. The van der Waals surface area contributed by atoms with E-state index in [9.17, 15) is 4.79 Å². The second kappa shape index (κ2) is 9.58. The van der Waals surface area contributed by atoms with Crippen molar-refractivity contribution in [2.75, 3.05) is 6.54 Å². The van der Waals surface area contributed by atoms with Crippen molar-refractivity contribution in [2.24, 2.45) is 5.92 Å². The molecule has 0 spiro atoms. The Morgan fingerprint density at radius 1 is 1.47 bits per heavy atom. The lowest BCUT2D eigenvalue weighted by atomic mass is 10.0. The average Bonchev–Trinajstić information content (AvgIpc) is 2.24. The SMILES string of the molecule is C#CCCCNC(=O)CCC[C@@H](C)CC. The molecule has 0 aliphatic rings. The molecule has 0 bridgehead atoms. The van der Waals surface area contributed by atoms with Crippen molar-refractivity contribution in [1.29, 1.82) is 0 Å². The van der Waals surface area contributed by atoms with Crippen LogP contribution in [-0.4, -0.2) is 12.5 Å². The fraction of sp³-hybridized carbons (Fsp3) is 0.769. The monoisotopic (exact) mass is 209 g/mol. The quantitative estimate of drug-likeness (QED) is 0.483. The molecule has 1 N–H and O–H groups in total. The van der Waals surface area contributed by atoms with Crippen molar-refractivity contribution < 1.29 is 4.79 Å². The lowest BCUT2D eigenvalue weighted by Crippen LogP contribution is -2.24. The van der Waals surface area contributed by atoms with E-state index in [-0.39, 0.29) is 5.91 Å². The number of rotatable bonds is 8. The topological polar surface area (TPSA) is 29.1 Å². The van der Waals surface area contributed by atoms with Gasteiger partial charge in [0.05, 0.1) is 0 Å². The standard InChI is InChI=1S/C13H23NO/c1-4-6-7-11-14-13(15)10-8-9-12(3)5-2/h1,12H,5-11H2,2-3H3,(H,14,15)/t12-/m0/s1. The van der Waals surface area contributed by atoms with Gasteiger partial charge in [0, 0.05) is 19.4 Å². The first kappa shape index (κ1) is 14.0. The van der Waals surface area contributed by atoms with Crippen LogP contribution in [0.1, 0.15) is 52.4 Å². The molecule has 0 saturated carbocycles. The highest BCUT2D eigenvalue weighted by atomic mass is 16.1. The second-order valence-corrected chi connectivity index (χ2v) is 4.06. The summed E-state index contributed by atoms with van der Waals surface area (Å²) < 4.78 is 0. The molecular weight excluding hydrogens is 186 g/mol. The molecule has 0 fully saturated rings. The third kappa shape index (κ3) is 9.34. The van der Waals surface area contributed by atoms with Crippen LogP contribution in [0.15, 0.2) is 0 Å². The van der Waals surface area contributed by atoms with Crippen LogP contribution in [-0.2, 0) is 4.79 Å². The Morgan fingerprint density at radius 2 is 2.20 bits per heavy atom. The van der Waals surface area contributed by atoms with Crippen molar-refractivity contribution in [3.05, 3.63) is 0 Å². The highest BCUT2D eigenvalue weighted by molar-refractivity contribution is 5.75. The van der Waals surface area contributed by atoms with Crippen LogP contribution in [0.4, 0.5) is 0 Å². The number of unbranched alkanes of at least 4 members (excludes halogenated alkanes) is 1. The van der Waals surface area contributed by atoms with Gasteiger partial charge in [-0.2, -0.15) is 0 Å². The third-order valence-electron chi connectivity index (χ3n) is 2.62. The summed E-state index contributed by atoms with van der Waals surface area (Å²) in [5.41, 5.74) is 0. The molecule has 15 heavy (non-hydrogen) atoms. The van der Waals surface area contributed by atoms with Gasteiger partial charge < -0.3 is 5.32 Å². The number of carbonyl (C=O) groups is 1. The van der Waals surface area contributed by atoms with E-state index >= 15 is 0 Å². The van der Waals surface area contributed by atoms with E-state index in [1.807, 2.05) is 0 Å². The summed E-state index contributed by atoms with van der Waals surface area (Å²) in [5, 5.41) is 2.87. The molecule has 0 aliphatic carbocycles. The minimum atomic E-state index is 0.162. The maximum Gasteiger partial charge on any atom is 0.219 e. The zero-order valence-corrected chi connectivity index (χ0v) is 10.0. The van der Waals surface area contributed by atoms with Crippen LogP contribution in [0.3, 0.4) is 0 Å². The van der Waals surface area contributed by atoms with Crippen LogP contribution in [0.25, 0.3) is 0 Å². The Hall–Kier alpha value is -0.970. The lowest BCUT2D eigenvalue weighted by Gasteiger charge is -2.07. The Bertz CT molecular complexity index is 205. The summed E-state index contributed by atoms with van der Waals surface area (Å²) in [6.45, 7) is 5.13. The van der Waals surface area contributed by atoms with Crippen LogP contribution in [0, 0.1) is 18.3 Å². The average molecular weight is 209 g/mol. The zero-order valence-electron chi connectivity index (χ0n) is 10.0. The molecule has 0 saturated heterocycles. The molecule has 2 heteroatoms. The Labute approximate surface area is 93.8 Å². The zero-order chi connectivity index (χ0) is 11.5. The molecule has 0 aliphatic heterocycles. The highest BCUT2D eigenvalue weighted by Crippen LogP contribution is 2.10. The summed E-state index contributed by atoms with van der Waals surface area (Å²) in [5.74, 6) is 3.45. The van der Waals surface area contributed by atoms with E-state index in [4.69, 9.17) is 6.42 Å². The van der Waals surface area contributed by atoms with Gasteiger partial charge in [-0.3, -0.25) is 4.79 Å². The Balaban J connectivity index is 3.30. The molecular formula is C13H23NO.